The van der Waals surface area contributed by atoms with E-state index in [1.54, 1.807) is 24.3 Å². The molecular formula is C15H11F3N2. The number of hydrogen-bond acceptors (Lipinski definition) is 2. The number of hydrogen-bond donors (Lipinski definition) is 1. The molecule has 1 unspecified atom stereocenters. The molecule has 0 fully saturated rings. The van der Waals surface area contributed by atoms with Crippen LogP contribution in [0, 0.1) is 28.8 Å². The number of anilines is 1. The minimum Gasteiger partial charge on any atom is -0.379 e. The molecule has 2 aromatic rings. The van der Waals surface area contributed by atoms with Crippen molar-refractivity contribution in [1.29, 1.82) is 5.26 Å². The van der Waals surface area contributed by atoms with E-state index < -0.39 is 29.1 Å². The smallest absolute Gasteiger partial charge is 0.152 e. The van der Waals surface area contributed by atoms with Crippen molar-refractivity contribution in [2.24, 2.45) is 0 Å². The highest BCUT2D eigenvalue weighted by Gasteiger charge is 2.15. The predicted octanol–water partition coefficient (Wildman–Crippen LogP) is 3.82. The van der Waals surface area contributed by atoms with E-state index in [4.69, 9.17) is 5.26 Å². The van der Waals surface area contributed by atoms with Gasteiger partial charge in [0.2, 0.25) is 0 Å². The number of nitriles is 1. The largest absolute Gasteiger partial charge is 0.379 e. The molecule has 20 heavy (non-hydrogen) atoms. The first-order valence-corrected chi connectivity index (χ1v) is 5.95. The Hall–Kier alpha value is -2.48. The van der Waals surface area contributed by atoms with E-state index in [1.807, 2.05) is 6.07 Å². The highest BCUT2D eigenvalue weighted by Crippen LogP contribution is 2.22. The molecule has 0 aromatic heterocycles. The Kier molecular flexibility index (Phi) is 4.26. The van der Waals surface area contributed by atoms with Gasteiger partial charge in [-0.15, -0.1) is 0 Å². The zero-order chi connectivity index (χ0) is 14.5. The molecule has 0 bridgehead atoms. The standard InChI is InChI=1S/C15H11F3N2/c16-12-6-13(17)15(14(18)7-12)20-9-11(8-19)10-4-2-1-3-5-10/h1-7,11,20H,9H2. The van der Waals surface area contributed by atoms with Crippen LogP contribution in [0.1, 0.15) is 11.5 Å². The van der Waals surface area contributed by atoms with Gasteiger partial charge in [0.15, 0.2) is 11.6 Å². The summed E-state index contributed by atoms with van der Waals surface area (Å²) in [5, 5.41) is 11.6. The number of rotatable bonds is 4. The third-order valence-electron chi connectivity index (χ3n) is 2.85. The van der Waals surface area contributed by atoms with Crippen LogP contribution in [0.2, 0.25) is 0 Å². The second kappa shape index (κ2) is 6.11. The van der Waals surface area contributed by atoms with E-state index in [2.05, 4.69) is 11.4 Å². The lowest BCUT2D eigenvalue weighted by molar-refractivity contribution is 0.547. The van der Waals surface area contributed by atoms with Crippen LogP contribution in [-0.4, -0.2) is 6.54 Å². The van der Waals surface area contributed by atoms with Crippen molar-refractivity contribution < 1.29 is 13.2 Å². The van der Waals surface area contributed by atoms with Crippen LogP contribution in [-0.2, 0) is 0 Å². The van der Waals surface area contributed by atoms with E-state index >= 15 is 0 Å². The fourth-order valence-electron chi connectivity index (χ4n) is 1.84. The summed E-state index contributed by atoms with van der Waals surface area (Å²) in [7, 11) is 0. The highest BCUT2D eigenvalue weighted by molar-refractivity contribution is 5.47. The van der Waals surface area contributed by atoms with Crippen molar-refractivity contribution in [2.45, 2.75) is 5.92 Å². The molecule has 5 heteroatoms. The van der Waals surface area contributed by atoms with Gasteiger partial charge in [0.05, 0.1) is 12.0 Å². The topological polar surface area (TPSA) is 35.8 Å². The van der Waals surface area contributed by atoms with Crippen LogP contribution in [0.3, 0.4) is 0 Å². The summed E-state index contributed by atoms with van der Waals surface area (Å²) in [6.45, 7) is 0.0278. The number of nitrogens with one attached hydrogen (secondary N) is 1. The Morgan fingerprint density at radius 1 is 1.05 bits per heavy atom. The van der Waals surface area contributed by atoms with Crippen molar-refractivity contribution >= 4 is 5.69 Å². The van der Waals surface area contributed by atoms with Gasteiger partial charge in [0, 0.05) is 18.7 Å². The van der Waals surface area contributed by atoms with Gasteiger partial charge in [-0.2, -0.15) is 5.26 Å². The summed E-state index contributed by atoms with van der Waals surface area (Å²) in [6, 6.07) is 12.1. The third kappa shape index (κ3) is 3.09. The van der Waals surface area contributed by atoms with E-state index in [9.17, 15) is 13.2 Å². The quantitative estimate of drug-likeness (QED) is 0.921. The van der Waals surface area contributed by atoms with Gasteiger partial charge >= 0.3 is 0 Å². The molecule has 0 aliphatic carbocycles. The Balaban J connectivity index is 2.14. The molecule has 0 saturated heterocycles. The van der Waals surface area contributed by atoms with Gasteiger partial charge in [-0.1, -0.05) is 30.3 Å². The van der Waals surface area contributed by atoms with E-state index in [0.29, 0.717) is 12.1 Å². The Labute approximate surface area is 114 Å². The first-order chi connectivity index (χ1) is 9.61. The lowest BCUT2D eigenvalue weighted by Gasteiger charge is -2.13. The molecule has 2 aromatic carbocycles. The van der Waals surface area contributed by atoms with Crippen molar-refractivity contribution in [2.75, 3.05) is 11.9 Å². The van der Waals surface area contributed by atoms with Gasteiger partial charge in [-0.25, -0.2) is 13.2 Å². The van der Waals surface area contributed by atoms with Crippen LogP contribution in [0.4, 0.5) is 18.9 Å². The third-order valence-corrected chi connectivity index (χ3v) is 2.85. The van der Waals surface area contributed by atoms with Gasteiger partial charge in [0.1, 0.15) is 11.5 Å². The van der Waals surface area contributed by atoms with Crippen molar-refractivity contribution in [3.05, 3.63) is 65.5 Å². The molecule has 2 nitrogen and oxygen atoms in total. The number of nitrogens with zero attached hydrogens (tertiary/aromatic N) is 1. The number of benzene rings is 2. The van der Waals surface area contributed by atoms with Crippen LogP contribution in [0.25, 0.3) is 0 Å². The first kappa shape index (κ1) is 13.9. The van der Waals surface area contributed by atoms with E-state index in [-0.39, 0.29) is 6.54 Å². The van der Waals surface area contributed by atoms with Gasteiger partial charge in [-0.05, 0) is 5.56 Å². The molecule has 0 aliphatic heterocycles. The lowest BCUT2D eigenvalue weighted by Crippen LogP contribution is -2.13. The summed E-state index contributed by atoms with van der Waals surface area (Å²) in [4.78, 5) is 0. The van der Waals surface area contributed by atoms with Crippen LogP contribution >= 0.6 is 0 Å². The molecule has 102 valence electrons. The van der Waals surface area contributed by atoms with E-state index in [1.165, 1.54) is 0 Å². The minimum absolute atomic E-state index is 0.0278. The zero-order valence-electron chi connectivity index (χ0n) is 10.4. The van der Waals surface area contributed by atoms with Crippen molar-refractivity contribution in [3.8, 4) is 6.07 Å². The Bertz CT molecular complexity index is 612. The van der Waals surface area contributed by atoms with Gasteiger partial charge in [-0.3, -0.25) is 0 Å². The fraction of sp³-hybridized carbons (Fsp3) is 0.133. The normalized spacial score (nSPS) is 11.7. The Morgan fingerprint density at radius 2 is 1.65 bits per heavy atom. The average Bonchev–Trinajstić information content (AvgIpc) is 2.43. The minimum atomic E-state index is -1.02. The van der Waals surface area contributed by atoms with Crippen molar-refractivity contribution in [1.82, 2.24) is 0 Å². The highest BCUT2D eigenvalue weighted by atomic mass is 19.1. The molecule has 1 N–H and O–H groups in total. The van der Waals surface area contributed by atoms with E-state index in [0.717, 1.165) is 5.56 Å². The summed E-state index contributed by atoms with van der Waals surface area (Å²) in [6.07, 6.45) is 0. The average molecular weight is 276 g/mol. The van der Waals surface area contributed by atoms with Crippen LogP contribution in [0.5, 0.6) is 0 Å². The Morgan fingerprint density at radius 3 is 2.20 bits per heavy atom. The molecule has 0 amide bonds. The second-order valence-corrected chi connectivity index (χ2v) is 4.22. The molecule has 0 spiro atoms. The van der Waals surface area contributed by atoms with Gasteiger partial charge < -0.3 is 5.32 Å². The molecule has 1 atom stereocenters. The molecule has 0 radical (unpaired) electrons. The lowest BCUT2D eigenvalue weighted by atomic mass is 10.0. The van der Waals surface area contributed by atoms with Crippen LogP contribution in [0.15, 0.2) is 42.5 Å². The zero-order valence-corrected chi connectivity index (χ0v) is 10.4. The summed E-state index contributed by atoms with van der Waals surface area (Å²) < 4.78 is 39.7. The molecule has 0 heterocycles. The fourth-order valence-corrected chi connectivity index (χ4v) is 1.84. The SMILES string of the molecule is N#CC(CNc1c(F)cc(F)cc1F)c1ccccc1. The van der Waals surface area contributed by atoms with Crippen molar-refractivity contribution in [3.63, 3.8) is 0 Å². The first-order valence-electron chi connectivity index (χ1n) is 5.95. The molecule has 0 saturated carbocycles. The maximum atomic E-state index is 13.4. The maximum absolute atomic E-state index is 13.4. The monoisotopic (exact) mass is 276 g/mol. The van der Waals surface area contributed by atoms with Crippen LogP contribution < -0.4 is 5.32 Å². The summed E-state index contributed by atoms with van der Waals surface area (Å²) in [5.41, 5.74) is 0.313. The molecule has 0 aliphatic rings. The summed E-state index contributed by atoms with van der Waals surface area (Å²) in [5.74, 6) is -3.58. The molecule has 2 rings (SSSR count). The molecular weight excluding hydrogens is 265 g/mol. The maximum Gasteiger partial charge on any atom is 0.152 e. The predicted molar refractivity (Wildman–Crippen MR) is 69.6 cm³/mol. The number of halogens is 3. The summed E-state index contributed by atoms with van der Waals surface area (Å²) >= 11 is 0. The second-order valence-electron chi connectivity index (χ2n) is 4.22. The van der Waals surface area contributed by atoms with Gasteiger partial charge in [0.25, 0.3) is 0 Å².